The molecule has 2 aromatic rings. The van der Waals surface area contributed by atoms with Crippen molar-refractivity contribution in [3.05, 3.63) is 40.3 Å². The second-order valence-electron chi connectivity index (χ2n) is 6.59. The SMILES string of the molecule is Cc1csc(C(O)(CC(=O)Nc2ccccc2N2CCCC2)C(F)(F)F)n1. The van der Waals surface area contributed by atoms with Crippen LogP contribution in [0, 0.1) is 6.92 Å². The van der Waals surface area contributed by atoms with E-state index in [9.17, 15) is 23.1 Å². The van der Waals surface area contributed by atoms with E-state index >= 15 is 0 Å². The number of nitrogens with one attached hydrogen (secondary N) is 1. The maximum atomic E-state index is 13.6. The lowest BCUT2D eigenvalue weighted by atomic mass is 9.99. The summed E-state index contributed by atoms with van der Waals surface area (Å²) in [7, 11) is 0. The van der Waals surface area contributed by atoms with Crippen LogP contribution in [0.15, 0.2) is 29.6 Å². The zero-order valence-corrected chi connectivity index (χ0v) is 15.5. The molecule has 27 heavy (non-hydrogen) atoms. The van der Waals surface area contributed by atoms with Crippen molar-refractivity contribution in [2.75, 3.05) is 23.3 Å². The van der Waals surface area contributed by atoms with Gasteiger partial charge >= 0.3 is 6.18 Å². The Hall–Kier alpha value is -2.13. The molecule has 1 aromatic heterocycles. The number of carbonyl (C=O) groups excluding carboxylic acids is 1. The van der Waals surface area contributed by atoms with E-state index in [4.69, 9.17) is 0 Å². The van der Waals surface area contributed by atoms with Crippen LogP contribution in [0.1, 0.15) is 30.0 Å². The quantitative estimate of drug-likeness (QED) is 0.802. The van der Waals surface area contributed by atoms with Crippen molar-refractivity contribution < 1.29 is 23.1 Å². The summed E-state index contributed by atoms with van der Waals surface area (Å²) in [6, 6.07) is 6.98. The third-order valence-corrected chi connectivity index (χ3v) is 5.59. The summed E-state index contributed by atoms with van der Waals surface area (Å²) < 4.78 is 40.7. The second kappa shape index (κ2) is 7.47. The molecule has 0 bridgehead atoms. The van der Waals surface area contributed by atoms with Crippen molar-refractivity contribution in [1.29, 1.82) is 0 Å². The van der Waals surface area contributed by atoms with Crippen LogP contribution in [-0.4, -0.2) is 35.3 Å². The summed E-state index contributed by atoms with van der Waals surface area (Å²) in [5, 5.41) is 13.7. The number of anilines is 2. The Morgan fingerprint density at radius 2 is 1.96 bits per heavy atom. The summed E-state index contributed by atoms with van der Waals surface area (Å²) in [5.41, 5.74) is -1.76. The number of nitrogens with zero attached hydrogens (tertiary/aromatic N) is 2. The lowest BCUT2D eigenvalue weighted by molar-refractivity contribution is -0.266. The third-order valence-electron chi connectivity index (χ3n) is 4.48. The molecule has 1 atom stereocenters. The molecule has 1 aliphatic rings. The number of rotatable bonds is 5. The van der Waals surface area contributed by atoms with Crippen LogP contribution in [0.3, 0.4) is 0 Å². The molecule has 1 amide bonds. The van der Waals surface area contributed by atoms with Crippen LogP contribution in [0.4, 0.5) is 24.5 Å². The average molecular weight is 399 g/mol. The molecule has 5 nitrogen and oxygen atoms in total. The molecular weight excluding hydrogens is 379 g/mol. The highest BCUT2D eigenvalue weighted by molar-refractivity contribution is 7.09. The first-order chi connectivity index (χ1) is 12.7. The van der Waals surface area contributed by atoms with Crippen molar-refractivity contribution in [3.63, 3.8) is 0 Å². The van der Waals surface area contributed by atoms with Gasteiger partial charge in [-0.05, 0) is 31.9 Å². The van der Waals surface area contributed by atoms with E-state index in [0.29, 0.717) is 22.7 Å². The summed E-state index contributed by atoms with van der Waals surface area (Å²) in [4.78, 5) is 18.2. The summed E-state index contributed by atoms with van der Waals surface area (Å²) in [6.45, 7) is 3.19. The molecule has 2 heterocycles. The molecule has 9 heteroatoms. The Labute approximate surface area is 158 Å². The minimum Gasteiger partial charge on any atom is -0.374 e. The zero-order chi connectivity index (χ0) is 19.7. The maximum Gasteiger partial charge on any atom is 0.424 e. The first kappa shape index (κ1) is 19.6. The highest BCUT2D eigenvalue weighted by Crippen LogP contribution is 2.43. The standard InChI is InChI=1S/C18H20F3N3O2S/c1-12-11-27-16(22-12)17(26,18(19,20)21)10-15(25)23-13-6-2-3-7-14(13)24-8-4-5-9-24/h2-3,6-7,11,26H,4-5,8-10H2,1H3,(H,23,25). The van der Waals surface area contributed by atoms with Crippen LogP contribution in [0.5, 0.6) is 0 Å². The number of thiazole rings is 1. The van der Waals surface area contributed by atoms with Crippen LogP contribution >= 0.6 is 11.3 Å². The Morgan fingerprint density at radius 3 is 2.56 bits per heavy atom. The van der Waals surface area contributed by atoms with Gasteiger partial charge in [0, 0.05) is 24.2 Å². The third kappa shape index (κ3) is 4.08. The fourth-order valence-corrected chi connectivity index (χ4v) is 4.00. The van der Waals surface area contributed by atoms with E-state index in [0.717, 1.165) is 31.6 Å². The van der Waals surface area contributed by atoms with Crippen LogP contribution < -0.4 is 10.2 Å². The number of aromatic nitrogens is 1. The first-order valence-corrected chi connectivity index (χ1v) is 9.44. The van der Waals surface area contributed by atoms with Crippen molar-refractivity contribution in [3.8, 4) is 0 Å². The van der Waals surface area contributed by atoms with Crippen LogP contribution in [-0.2, 0) is 10.4 Å². The first-order valence-electron chi connectivity index (χ1n) is 8.56. The van der Waals surface area contributed by atoms with E-state index < -0.39 is 29.1 Å². The number of amides is 1. The van der Waals surface area contributed by atoms with Crippen LogP contribution in [0.25, 0.3) is 0 Å². The van der Waals surface area contributed by atoms with E-state index in [1.165, 1.54) is 12.3 Å². The summed E-state index contributed by atoms with van der Waals surface area (Å²) in [6.07, 6.45) is -4.13. The summed E-state index contributed by atoms with van der Waals surface area (Å²) >= 11 is 0.686. The van der Waals surface area contributed by atoms with Gasteiger partial charge in [0.05, 0.1) is 17.8 Å². The minimum atomic E-state index is -5.02. The molecule has 0 spiro atoms. The van der Waals surface area contributed by atoms with Gasteiger partial charge in [-0.25, -0.2) is 4.98 Å². The maximum absolute atomic E-state index is 13.6. The zero-order valence-electron chi connectivity index (χ0n) is 14.7. The van der Waals surface area contributed by atoms with Crippen molar-refractivity contribution >= 4 is 28.6 Å². The highest BCUT2D eigenvalue weighted by Gasteiger charge is 2.58. The predicted molar refractivity (Wildman–Crippen MR) is 97.9 cm³/mol. The molecule has 1 saturated heterocycles. The lowest BCUT2D eigenvalue weighted by Crippen LogP contribution is -2.45. The Balaban J connectivity index is 1.82. The van der Waals surface area contributed by atoms with Crippen LogP contribution in [0.2, 0.25) is 0 Å². The van der Waals surface area contributed by atoms with Gasteiger partial charge < -0.3 is 15.3 Å². The van der Waals surface area contributed by atoms with E-state index in [1.807, 2.05) is 12.1 Å². The van der Waals surface area contributed by atoms with Gasteiger partial charge in [0.15, 0.2) is 0 Å². The van der Waals surface area contributed by atoms with Gasteiger partial charge in [-0.1, -0.05) is 12.1 Å². The highest BCUT2D eigenvalue weighted by atomic mass is 32.1. The predicted octanol–water partition coefficient (Wildman–Crippen LogP) is 3.83. The number of hydrogen-bond acceptors (Lipinski definition) is 5. The van der Waals surface area contributed by atoms with Gasteiger partial charge in [-0.2, -0.15) is 13.2 Å². The Morgan fingerprint density at radius 1 is 1.30 bits per heavy atom. The van der Waals surface area contributed by atoms with Gasteiger partial charge in [0.25, 0.3) is 0 Å². The lowest BCUT2D eigenvalue weighted by Gasteiger charge is -2.28. The van der Waals surface area contributed by atoms with Crippen molar-refractivity contribution in [1.82, 2.24) is 4.98 Å². The number of alkyl halides is 3. The van der Waals surface area contributed by atoms with E-state index in [-0.39, 0.29) is 0 Å². The van der Waals surface area contributed by atoms with Gasteiger partial charge in [-0.15, -0.1) is 11.3 Å². The number of carbonyl (C=O) groups is 1. The normalized spacial score (nSPS) is 17.0. The Bertz CT molecular complexity index is 818. The fraction of sp³-hybridized carbons (Fsp3) is 0.444. The molecule has 1 unspecified atom stereocenters. The van der Waals surface area contributed by atoms with E-state index in [2.05, 4.69) is 15.2 Å². The largest absolute Gasteiger partial charge is 0.424 e. The molecule has 1 aromatic carbocycles. The van der Waals surface area contributed by atoms with Crippen molar-refractivity contribution in [2.24, 2.45) is 0 Å². The molecule has 1 aliphatic heterocycles. The van der Waals surface area contributed by atoms with E-state index in [1.54, 1.807) is 12.1 Å². The topological polar surface area (TPSA) is 65.5 Å². The number of benzene rings is 1. The number of aryl methyl sites for hydroxylation is 1. The molecule has 0 radical (unpaired) electrons. The number of hydrogen-bond donors (Lipinski definition) is 2. The Kier molecular flexibility index (Phi) is 5.43. The molecule has 146 valence electrons. The number of aliphatic hydroxyl groups is 1. The molecule has 0 saturated carbocycles. The second-order valence-corrected chi connectivity index (χ2v) is 7.45. The molecule has 0 aliphatic carbocycles. The van der Waals surface area contributed by atoms with Gasteiger partial charge in [-0.3, -0.25) is 4.79 Å². The number of para-hydroxylation sites is 2. The van der Waals surface area contributed by atoms with Gasteiger partial charge in [0.2, 0.25) is 11.5 Å². The molecule has 3 rings (SSSR count). The molecular formula is C18H20F3N3O2S. The minimum absolute atomic E-state index is 0.359. The van der Waals surface area contributed by atoms with Gasteiger partial charge in [0.1, 0.15) is 5.01 Å². The number of halogens is 3. The smallest absolute Gasteiger partial charge is 0.374 e. The molecule has 2 N–H and O–H groups in total. The monoisotopic (exact) mass is 399 g/mol. The van der Waals surface area contributed by atoms with Crippen molar-refractivity contribution in [2.45, 2.75) is 38.0 Å². The fourth-order valence-electron chi connectivity index (χ4n) is 3.08. The average Bonchev–Trinajstić information content (AvgIpc) is 3.26. The molecule has 1 fully saturated rings. The summed E-state index contributed by atoms with van der Waals surface area (Å²) in [5.74, 6) is -0.922.